The van der Waals surface area contributed by atoms with E-state index in [-0.39, 0.29) is 11.9 Å². The summed E-state index contributed by atoms with van der Waals surface area (Å²) in [5.74, 6) is 0.0300. The molecular weight excluding hydrogens is 294 g/mol. The molecule has 1 aromatic carbocycles. The number of carbonyl (C=O) groups excluding carboxylic acids is 1. The van der Waals surface area contributed by atoms with E-state index in [9.17, 15) is 4.79 Å². The fraction of sp³-hybridized carbons (Fsp3) is 0.412. The number of aromatic nitrogens is 1. The van der Waals surface area contributed by atoms with Crippen LogP contribution in [0.4, 0.5) is 0 Å². The Balaban J connectivity index is 1.99. The van der Waals surface area contributed by atoms with E-state index in [1.165, 1.54) is 4.88 Å². The van der Waals surface area contributed by atoms with E-state index in [1.807, 2.05) is 30.5 Å². The molecule has 2 aromatic rings. The minimum atomic E-state index is 0.0300. The number of rotatable bonds is 6. The first-order chi connectivity index (χ1) is 10.5. The van der Waals surface area contributed by atoms with Gasteiger partial charge in [0.05, 0.1) is 6.04 Å². The zero-order chi connectivity index (χ0) is 16.1. The standard InChI is InChI=1S/C17H23N3OS/c1-5-15-11-19-16(22-15)12(2)18-10-13-7-6-8-14(9-13)17(21)20(3)4/h6-9,11-12,18H,5,10H2,1-4H3/t12-/m1/s1. The first-order valence-electron chi connectivity index (χ1n) is 7.49. The number of aryl methyl sites for hydroxylation is 1. The number of thiazole rings is 1. The Hall–Kier alpha value is -1.72. The van der Waals surface area contributed by atoms with Crippen LogP contribution in [-0.2, 0) is 13.0 Å². The van der Waals surface area contributed by atoms with Crippen molar-refractivity contribution in [1.29, 1.82) is 0 Å². The molecule has 1 N–H and O–H groups in total. The van der Waals surface area contributed by atoms with Gasteiger partial charge < -0.3 is 10.2 Å². The maximum atomic E-state index is 12.0. The molecular formula is C17H23N3OS. The Morgan fingerprint density at radius 1 is 1.41 bits per heavy atom. The molecule has 1 amide bonds. The lowest BCUT2D eigenvalue weighted by Crippen LogP contribution is -2.22. The fourth-order valence-corrected chi connectivity index (χ4v) is 3.00. The molecule has 0 saturated heterocycles. The minimum Gasteiger partial charge on any atom is -0.345 e. The van der Waals surface area contributed by atoms with Gasteiger partial charge in [0.1, 0.15) is 5.01 Å². The van der Waals surface area contributed by atoms with Gasteiger partial charge in [0.2, 0.25) is 0 Å². The van der Waals surface area contributed by atoms with E-state index in [4.69, 9.17) is 0 Å². The molecule has 0 aliphatic rings. The molecule has 0 unspecified atom stereocenters. The Morgan fingerprint density at radius 2 is 2.18 bits per heavy atom. The molecule has 2 rings (SSSR count). The zero-order valence-corrected chi connectivity index (χ0v) is 14.4. The van der Waals surface area contributed by atoms with Crippen LogP contribution in [0.5, 0.6) is 0 Å². The van der Waals surface area contributed by atoms with Crippen molar-refractivity contribution in [2.45, 2.75) is 32.9 Å². The molecule has 118 valence electrons. The number of hydrogen-bond donors (Lipinski definition) is 1. The van der Waals surface area contributed by atoms with Gasteiger partial charge in [0, 0.05) is 37.3 Å². The van der Waals surface area contributed by atoms with Crippen molar-refractivity contribution >= 4 is 17.2 Å². The molecule has 0 bridgehead atoms. The van der Waals surface area contributed by atoms with Crippen molar-refractivity contribution in [2.75, 3.05) is 14.1 Å². The molecule has 1 aromatic heterocycles. The number of amides is 1. The second-order valence-corrected chi connectivity index (χ2v) is 6.67. The van der Waals surface area contributed by atoms with Crippen LogP contribution < -0.4 is 5.32 Å². The van der Waals surface area contributed by atoms with E-state index in [0.29, 0.717) is 0 Å². The molecule has 0 spiro atoms. The Labute approximate surface area is 136 Å². The van der Waals surface area contributed by atoms with E-state index in [0.717, 1.165) is 29.1 Å². The number of nitrogens with zero attached hydrogens (tertiary/aromatic N) is 2. The van der Waals surface area contributed by atoms with E-state index in [1.54, 1.807) is 30.3 Å². The van der Waals surface area contributed by atoms with Gasteiger partial charge in [-0.2, -0.15) is 0 Å². The van der Waals surface area contributed by atoms with Crippen molar-refractivity contribution in [3.8, 4) is 0 Å². The van der Waals surface area contributed by atoms with Crippen LogP contribution >= 0.6 is 11.3 Å². The average molecular weight is 317 g/mol. The highest BCUT2D eigenvalue weighted by molar-refractivity contribution is 7.11. The predicted octanol–water partition coefficient (Wildman–Crippen LogP) is 3.26. The van der Waals surface area contributed by atoms with Crippen molar-refractivity contribution in [1.82, 2.24) is 15.2 Å². The predicted molar refractivity (Wildman–Crippen MR) is 91.2 cm³/mol. The summed E-state index contributed by atoms with van der Waals surface area (Å²) in [6.45, 7) is 4.98. The summed E-state index contributed by atoms with van der Waals surface area (Å²) >= 11 is 1.75. The lowest BCUT2D eigenvalue weighted by atomic mass is 10.1. The zero-order valence-electron chi connectivity index (χ0n) is 13.6. The van der Waals surface area contributed by atoms with Gasteiger partial charge in [0.15, 0.2) is 0 Å². The second-order valence-electron chi connectivity index (χ2n) is 5.52. The minimum absolute atomic E-state index is 0.0300. The third-order valence-electron chi connectivity index (χ3n) is 3.48. The number of hydrogen-bond acceptors (Lipinski definition) is 4. The summed E-state index contributed by atoms with van der Waals surface area (Å²) in [7, 11) is 3.53. The highest BCUT2D eigenvalue weighted by Gasteiger charge is 2.11. The summed E-state index contributed by atoms with van der Waals surface area (Å²) in [6.07, 6.45) is 2.98. The molecule has 4 nitrogen and oxygen atoms in total. The van der Waals surface area contributed by atoms with Gasteiger partial charge in [-0.15, -0.1) is 11.3 Å². The largest absolute Gasteiger partial charge is 0.345 e. The van der Waals surface area contributed by atoms with E-state index >= 15 is 0 Å². The first-order valence-corrected chi connectivity index (χ1v) is 8.31. The topological polar surface area (TPSA) is 45.2 Å². The van der Waals surface area contributed by atoms with Crippen LogP contribution in [0, 0.1) is 0 Å². The summed E-state index contributed by atoms with van der Waals surface area (Å²) in [5, 5.41) is 4.58. The van der Waals surface area contributed by atoms with Gasteiger partial charge in [0.25, 0.3) is 5.91 Å². The molecule has 1 atom stereocenters. The van der Waals surface area contributed by atoms with Crippen LogP contribution in [0.2, 0.25) is 0 Å². The molecule has 0 aliphatic heterocycles. The van der Waals surface area contributed by atoms with Crippen LogP contribution in [0.15, 0.2) is 30.5 Å². The smallest absolute Gasteiger partial charge is 0.253 e. The average Bonchev–Trinajstić information content (AvgIpc) is 3.01. The van der Waals surface area contributed by atoms with Crippen molar-refractivity contribution in [3.05, 3.63) is 51.5 Å². The SMILES string of the molecule is CCc1cnc([C@@H](C)NCc2cccc(C(=O)N(C)C)c2)s1. The fourth-order valence-electron chi connectivity index (χ4n) is 2.12. The maximum Gasteiger partial charge on any atom is 0.253 e. The summed E-state index contributed by atoms with van der Waals surface area (Å²) < 4.78 is 0. The molecule has 0 radical (unpaired) electrons. The molecule has 22 heavy (non-hydrogen) atoms. The third kappa shape index (κ3) is 4.15. The number of carbonyl (C=O) groups is 1. The van der Waals surface area contributed by atoms with Crippen LogP contribution in [0.25, 0.3) is 0 Å². The van der Waals surface area contributed by atoms with E-state index in [2.05, 4.69) is 24.1 Å². The number of nitrogens with one attached hydrogen (secondary N) is 1. The van der Waals surface area contributed by atoms with Gasteiger partial charge >= 0.3 is 0 Å². The van der Waals surface area contributed by atoms with Crippen LogP contribution in [-0.4, -0.2) is 29.9 Å². The quantitative estimate of drug-likeness (QED) is 0.889. The van der Waals surface area contributed by atoms with Gasteiger partial charge in [-0.1, -0.05) is 19.1 Å². The Bertz CT molecular complexity index is 636. The summed E-state index contributed by atoms with van der Waals surface area (Å²) in [4.78, 5) is 19.4. The van der Waals surface area contributed by atoms with Crippen molar-refractivity contribution in [3.63, 3.8) is 0 Å². The van der Waals surface area contributed by atoms with Gasteiger partial charge in [-0.3, -0.25) is 4.79 Å². The monoisotopic (exact) mass is 317 g/mol. The first kappa shape index (κ1) is 16.6. The molecule has 5 heteroatoms. The second kappa shape index (κ2) is 7.51. The van der Waals surface area contributed by atoms with Crippen molar-refractivity contribution in [2.24, 2.45) is 0 Å². The highest BCUT2D eigenvalue weighted by Crippen LogP contribution is 2.20. The highest BCUT2D eigenvalue weighted by atomic mass is 32.1. The van der Waals surface area contributed by atoms with Gasteiger partial charge in [-0.05, 0) is 31.0 Å². The van der Waals surface area contributed by atoms with Crippen LogP contribution in [0.3, 0.4) is 0 Å². The third-order valence-corrected chi connectivity index (χ3v) is 4.81. The molecule has 0 aliphatic carbocycles. The number of benzene rings is 1. The van der Waals surface area contributed by atoms with E-state index < -0.39 is 0 Å². The lowest BCUT2D eigenvalue weighted by molar-refractivity contribution is 0.0827. The summed E-state index contributed by atoms with van der Waals surface area (Å²) in [5.41, 5.74) is 1.83. The molecule has 0 saturated carbocycles. The normalized spacial score (nSPS) is 12.2. The van der Waals surface area contributed by atoms with Crippen molar-refractivity contribution < 1.29 is 4.79 Å². The molecule has 1 heterocycles. The molecule has 0 fully saturated rings. The maximum absolute atomic E-state index is 12.0. The lowest BCUT2D eigenvalue weighted by Gasteiger charge is -2.13. The van der Waals surface area contributed by atoms with Crippen LogP contribution in [0.1, 0.15) is 45.7 Å². The Kier molecular flexibility index (Phi) is 5.69. The summed E-state index contributed by atoms with van der Waals surface area (Å²) in [6, 6.07) is 7.96. The Morgan fingerprint density at radius 3 is 2.82 bits per heavy atom. The van der Waals surface area contributed by atoms with Gasteiger partial charge in [-0.25, -0.2) is 4.98 Å².